The molecule has 5 heteroatoms. The molecule has 0 saturated carbocycles. The number of aryl methyl sites for hydroxylation is 2. The second kappa shape index (κ2) is 4.97. The molecule has 0 aliphatic rings. The molecule has 2 aromatic rings. The van der Waals surface area contributed by atoms with E-state index >= 15 is 0 Å². The molecular formula is C11H10BrClN2O. The average Bonchev–Trinajstić information content (AvgIpc) is 2.71. The monoisotopic (exact) mass is 300 g/mol. The quantitative estimate of drug-likeness (QED) is 0.813. The van der Waals surface area contributed by atoms with Crippen molar-refractivity contribution in [3.05, 3.63) is 34.1 Å². The summed E-state index contributed by atoms with van der Waals surface area (Å²) < 4.78 is 6.49. The maximum absolute atomic E-state index is 5.61. The predicted octanol–water partition coefficient (Wildman–Crippen LogP) is 3.59. The van der Waals surface area contributed by atoms with Crippen molar-refractivity contribution >= 4 is 27.5 Å². The summed E-state index contributed by atoms with van der Waals surface area (Å²) in [6.45, 7) is 2.02. The lowest BCUT2D eigenvalue weighted by Crippen LogP contribution is -1.84. The Morgan fingerprint density at radius 1 is 1.38 bits per heavy atom. The van der Waals surface area contributed by atoms with Gasteiger partial charge in [-0.3, -0.25) is 0 Å². The first-order valence-electron chi connectivity index (χ1n) is 4.86. The molecule has 0 amide bonds. The van der Waals surface area contributed by atoms with Crippen LogP contribution in [0.2, 0.25) is 0 Å². The van der Waals surface area contributed by atoms with Gasteiger partial charge in [-0.05, 0) is 34.5 Å². The van der Waals surface area contributed by atoms with E-state index in [9.17, 15) is 0 Å². The molecule has 1 heterocycles. The molecule has 0 radical (unpaired) electrons. The van der Waals surface area contributed by atoms with Gasteiger partial charge in [-0.25, -0.2) is 0 Å². The first-order valence-corrected chi connectivity index (χ1v) is 6.19. The van der Waals surface area contributed by atoms with Crippen molar-refractivity contribution in [3.8, 4) is 11.5 Å². The number of halogens is 2. The van der Waals surface area contributed by atoms with Crippen LogP contribution in [0.15, 0.2) is 27.1 Å². The Morgan fingerprint density at radius 2 is 2.19 bits per heavy atom. The highest BCUT2D eigenvalue weighted by Gasteiger charge is 2.12. The first kappa shape index (κ1) is 11.6. The number of benzene rings is 1. The van der Waals surface area contributed by atoms with Gasteiger partial charge in [0.1, 0.15) is 0 Å². The van der Waals surface area contributed by atoms with Crippen LogP contribution in [0.25, 0.3) is 11.5 Å². The Morgan fingerprint density at radius 3 is 2.94 bits per heavy atom. The Kier molecular flexibility index (Phi) is 3.61. The van der Waals surface area contributed by atoms with Crippen LogP contribution in [0.3, 0.4) is 0 Å². The molecule has 0 saturated heterocycles. The van der Waals surface area contributed by atoms with Gasteiger partial charge in [-0.15, -0.1) is 21.8 Å². The molecule has 0 aliphatic carbocycles. The second-order valence-electron chi connectivity index (χ2n) is 3.38. The minimum Gasteiger partial charge on any atom is -0.421 e. The van der Waals surface area contributed by atoms with E-state index in [4.69, 9.17) is 16.0 Å². The first-order chi connectivity index (χ1) is 7.72. The molecule has 0 unspecified atom stereocenters. The van der Waals surface area contributed by atoms with Crippen molar-refractivity contribution < 1.29 is 4.42 Å². The fourth-order valence-electron chi connectivity index (χ4n) is 1.36. The lowest BCUT2D eigenvalue weighted by atomic mass is 10.1. The van der Waals surface area contributed by atoms with Crippen molar-refractivity contribution in [2.24, 2.45) is 0 Å². The van der Waals surface area contributed by atoms with E-state index in [0.717, 1.165) is 15.6 Å². The zero-order chi connectivity index (χ0) is 11.5. The summed E-state index contributed by atoms with van der Waals surface area (Å²) in [5.74, 6) is 1.57. The maximum atomic E-state index is 5.61. The third-order valence-corrected chi connectivity index (χ3v) is 3.44. The summed E-state index contributed by atoms with van der Waals surface area (Å²) in [6, 6.07) is 5.92. The highest BCUT2D eigenvalue weighted by atomic mass is 79.9. The number of alkyl halides is 1. The molecule has 0 fully saturated rings. The molecule has 0 atom stereocenters. The summed E-state index contributed by atoms with van der Waals surface area (Å²) in [5, 5.41) is 7.93. The Labute approximate surface area is 107 Å². The molecule has 1 aromatic carbocycles. The predicted molar refractivity (Wildman–Crippen MR) is 66.6 cm³/mol. The van der Waals surface area contributed by atoms with Crippen LogP contribution in [0.5, 0.6) is 0 Å². The molecule has 0 bridgehead atoms. The second-order valence-corrected chi connectivity index (χ2v) is 4.55. The standard InChI is InChI=1S/C11H10BrClN2O/c1-7-3-2-4-8(10(7)12)11-15-14-9(16-11)5-6-13/h2-4H,5-6H2,1H3. The van der Waals surface area contributed by atoms with E-state index in [1.807, 2.05) is 25.1 Å². The molecule has 0 N–H and O–H groups in total. The molecule has 2 rings (SSSR count). The van der Waals surface area contributed by atoms with Gasteiger partial charge >= 0.3 is 0 Å². The minimum absolute atomic E-state index is 0.483. The number of rotatable bonds is 3. The highest BCUT2D eigenvalue weighted by molar-refractivity contribution is 9.10. The van der Waals surface area contributed by atoms with Gasteiger partial charge in [0.2, 0.25) is 11.8 Å². The Hall–Kier alpha value is -0.870. The van der Waals surface area contributed by atoms with E-state index < -0.39 is 0 Å². The van der Waals surface area contributed by atoms with Crippen LogP contribution >= 0.6 is 27.5 Å². The molecule has 0 spiro atoms. The summed E-state index contributed by atoms with van der Waals surface area (Å²) in [5.41, 5.74) is 2.04. The van der Waals surface area contributed by atoms with Crippen molar-refractivity contribution in [3.63, 3.8) is 0 Å². The fraction of sp³-hybridized carbons (Fsp3) is 0.273. The summed E-state index contributed by atoms with van der Waals surface area (Å²) >= 11 is 9.12. The Balaban J connectivity index is 2.39. The third kappa shape index (κ3) is 2.28. The normalized spacial score (nSPS) is 10.7. The van der Waals surface area contributed by atoms with E-state index in [1.54, 1.807) is 0 Å². The largest absolute Gasteiger partial charge is 0.421 e. The van der Waals surface area contributed by atoms with Crippen molar-refractivity contribution in [2.75, 3.05) is 5.88 Å². The molecule has 16 heavy (non-hydrogen) atoms. The van der Waals surface area contributed by atoms with E-state index in [0.29, 0.717) is 24.1 Å². The van der Waals surface area contributed by atoms with Crippen molar-refractivity contribution in [2.45, 2.75) is 13.3 Å². The van der Waals surface area contributed by atoms with E-state index in [-0.39, 0.29) is 0 Å². The van der Waals surface area contributed by atoms with Crippen molar-refractivity contribution in [1.82, 2.24) is 10.2 Å². The summed E-state index contributed by atoms with van der Waals surface area (Å²) in [6.07, 6.45) is 0.595. The van der Waals surface area contributed by atoms with Gasteiger partial charge in [0.05, 0.1) is 5.56 Å². The van der Waals surface area contributed by atoms with Gasteiger partial charge in [0, 0.05) is 16.8 Å². The average molecular weight is 302 g/mol. The molecule has 1 aromatic heterocycles. The SMILES string of the molecule is Cc1cccc(-c2nnc(CCCl)o2)c1Br. The van der Waals surface area contributed by atoms with Crippen LogP contribution in [0, 0.1) is 6.92 Å². The third-order valence-electron chi connectivity index (χ3n) is 2.20. The van der Waals surface area contributed by atoms with Gasteiger partial charge in [0.25, 0.3) is 0 Å². The number of nitrogens with zero attached hydrogens (tertiary/aromatic N) is 2. The van der Waals surface area contributed by atoms with Gasteiger partial charge < -0.3 is 4.42 Å². The van der Waals surface area contributed by atoms with Crippen LogP contribution in [0.4, 0.5) is 0 Å². The minimum atomic E-state index is 0.483. The lowest BCUT2D eigenvalue weighted by Gasteiger charge is -2.01. The molecule has 0 aliphatic heterocycles. The van der Waals surface area contributed by atoms with Crippen LogP contribution in [-0.2, 0) is 6.42 Å². The fourth-order valence-corrected chi connectivity index (χ4v) is 1.95. The highest BCUT2D eigenvalue weighted by Crippen LogP contribution is 2.29. The number of aromatic nitrogens is 2. The zero-order valence-electron chi connectivity index (χ0n) is 8.70. The Bertz CT molecular complexity index is 498. The van der Waals surface area contributed by atoms with E-state index in [1.165, 1.54) is 0 Å². The number of hydrogen-bond acceptors (Lipinski definition) is 3. The van der Waals surface area contributed by atoms with E-state index in [2.05, 4.69) is 26.1 Å². The van der Waals surface area contributed by atoms with Crippen LogP contribution < -0.4 is 0 Å². The maximum Gasteiger partial charge on any atom is 0.248 e. The zero-order valence-corrected chi connectivity index (χ0v) is 11.0. The van der Waals surface area contributed by atoms with Gasteiger partial charge in [-0.2, -0.15) is 0 Å². The number of hydrogen-bond donors (Lipinski definition) is 0. The van der Waals surface area contributed by atoms with Gasteiger partial charge in [0.15, 0.2) is 0 Å². The summed E-state index contributed by atoms with van der Waals surface area (Å²) in [7, 11) is 0. The lowest BCUT2D eigenvalue weighted by molar-refractivity contribution is 0.513. The van der Waals surface area contributed by atoms with Crippen molar-refractivity contribution in [1.29, 1.82) is 0 Å². The molecule has 84 valence electrons. The van der Waals surface area contributed by atoms with Crippen LogP contribution in [0.1, 0.15) is 11.5 Å². The summed E-state index contributed by atoms with van der Waals surface area (Å²) in [4.78, 5) is 0. The van der Waals surface area contributed by atoms with Crippen LogP contribution in [-0.4, -0.2) is 16.1 Å². The smallest absolute Gasteiger partial charge is 0.248 e. The molecule has 3 nitrogen and oxygen atoms in total. The topological polar surface area (TPSA) is 38.9 Å². The van der Waals surface area contributed by atoms with Gasteiger partial charge in [-0.1, -0.05) is 12.1 Å². The molecular weight excluding hydrogens is 291 g/mol.